The molecule has 2 amide bonds. The lowest BCUT2D eigenvalue weighted by molar-refractivity contribution is -0.121. The van der Waals surface area contributed by atoms with Crippen LogP contribution in [0, 0.1) is 0 Å². The zero-order valence-electron chi connectivity index (χ0n) is 13.0. The molecule has 24 heavy (non-hydrogen) atoms. The van der Waals surface area contributed by atoms with E-state index in [0.29, 0.717) is 37.5 Å². The van der Waals surface area contributed by atoms with Crippen LogP contribution < -0.4 is 20.7 Å². The molecule has 0 aliphatic carbocycles. The summed E-state index contributed by atoms with van der Waals surface area (Å²) in [5.41, 5.74) is 6.64. The molecule has 7 nitrogen and oxygen atoms in total. The minimum Gasteiger partial charge on any atom is -0.482 e. The Morgan fingerprint density at radius 3 is 3.04 bits per heavy atom. The molecule has 0 unspecified atom stereocenters. The first-order chi connectivity index (χ1) is 11.7. The van der Waals surface area contributed by atoms with Crippen LogP contribution in [0.2, 0.25) is 0 Å². The summed E-state index contributed by atoms with van der Waals surface area (Å²) in [6.07, 6.45) is 0.639. The Morgan fingerprint density at radius 1 is 1.42 bits per heavy atom. The quantitative estimate of drug-likeness (QED) is 0.765. The molecule has 1 aliphatic rings. The highest BCUT2D eigenvalue weighted by Gasteiger charge is 2.24. The number of nitrogens with two attached hydrogens (primary N) is 1. The number of anilines is 1. The molecule has 126 valence electrons. The fourth-order valence-electron chi connectivity index (χ4n) is 2.44. The number of hydrogen-bond donors (Lipinski definition) is 2. The first-order valence-corrected chi connectivity index (χ1v) is 8.52. The number of benzene rings is 1. The average molecular weight is 346 g/mol. The summed E-state index contributed by atoms with van der Waals surface area (Å²) in [7, 11) is 0. The van der Waals surface area contributed by atoms with Gasteiger partial charge in [-0.05, 0) is 18.6 Å². The van der Waals surface area contributed by atoms with Crippen molar-refractivity contribution < 1.29 is 14.3 Å². The summed E-state index contributed by atoms with van der Waals surface area (Å²) >= 11 is 1.37. The van der Waals surface area contributed by atoms with Gasteiger partial charge in [0.2, 0.25) is 0 Å². The van der Waals surface area contributed by atoms with Crippen LogP contribution in [0.1, 0.15) is 21.9 Å². The number of amides is 2. The molecule has 3 N–H and O–H groups in total. The molecule has 1 aromatic heterocycles. The minimum absolute atomic E-state index is 0.0457. The highest BCUT2D eigenvalue weighted by molar-refractivity contribution is 7.09. The van der Waals surface area contributed by atoms with Crippen LogP contribution in [0.3, 0.4) is 0 Å². The van der Waals surface area contributed by atoms with Crippen molar-refractivity contribution in [2.75, 3.05) is 24.6 Å². The molecule has 8 heteroatoms. The molecule has 0 spiro atoms. The minimum atomic E-state index is -0.223. The fourth-order valence-corrected chi connectivity index (χ4v) is 3.09. The summed E-state index contributed by atoms with van der Waals surface area (Å²) in [4.78, 5) is 29.8. The summed E-state index contributed by atoms with van der Waals surface area (Å²) in [5, 5.41) is 5.24. The van der Waals surface area contributed by atoms with Gasteiger partial charge in [0.15, 0.2) is 6.61 Å². The fraction of sp³-hybridized carbons (Fsp3) is 0.312. The van der Waals surface area contributed by atoms with Crippen molar-refractivity contribution in [3.8, 4) is 5.75 Å². The normalized spacial score (nSPS) is 13.4. The van der Waals surface area contributed by atoms with Crippen molar-refractivity contribution >= 4 is 28.8 Å². The maximum absolute atomic E-state index is 12.0. The average Bonchev–Trinajstić information content (AvgIpc) is 3.09. The molecular weight excluding hydrogens is 328 g/mol. The Hall–Kier alpha value is -2.45. The first kappa shape index (κ1) is 16.4. The van der Waals surface area contributed by atoms with E-state index in [1.165, 1.54) is 11.3 Å². The monoisotopic (exact) mass is 346 g/mol. The maximum atomic E-state index is 12.0. The Kier molecular flexibility index (Phi) is 5.07. The molecule has 1 aromatic carbocycles. The molecule has 2 heterocycles. The van der Waals surface area contributed by atoms with E-state index in [1.807, 2.05) is 24.3 Å². The van der Waals surface area contributed by atoms with Crippen LogP contribution in [0.25, 0.3) is 0 Å². The van der Waals surface area contributed by atoms with Crippen molar-refractivity contribution in [2.45, 2.75) is 13.0 Å². The highest BCUT2D eigenvalue weighted by Crippen LogP contribution is 2.31. The molecule has 0 saturated carbocycles. The summed E-state index contributed by atoms with van der Waals surface area (Å²) in [5.74, 6) is 0.407. The lowest BCUT2D eigenvalue weighted by Gasteiger charge is -2.29. The van der Waals surface area contributed by atoms with Gasteiger partial charge in [-0.15, -0.1) is 11.3 Å². The Morgan fingerprint density at radius 2 is 2.25 bits per heavy atom. The van der Waals surface area contributed by atoms with Crippen molar-refractivity contribution in [1.82, 2.24) is 10.3 Å². The van der Waals surface area contributed by atoms with Crippen LogP contribution >= 0.6 is 11.3 Å². The zero-order valence-corrected chi connectivity index (χ0v) is 13.8. The molecule has 0 fully saturated rings. The molecule has 1 aliphatic heterocycles. The summed E-state index contributed by atoms with van der Waals surface area (Å²) in [6, 6.07) is 7.44. The van der Waals surface area contributed by atoms with E-state index >= 15 is 0 Å². The zero-order chi connectivity index (χ0) is 16.9. The van der Waals surface area contributed by atoms with E-state index in [-0.39, 0.29) is 18.4 Å². The number of ether oxygens (including phenoxy) is 1. The van der Waals surface area contributed by atoms with Gasteiger partial charge in [0.1, 0.15) is 16.5 Å². The van der Waals surface area contributed by atoms with E-state index in [4.69, 9.17) is 10.5 Å². The van der Waals surface area contributed by atoms with Gasteiger partial charge in [0, 0.05) is 25.0 Å². The molecular formula is C16H18N4O3S. The van der Waals surface area contributed by atoms with Crippen LogP contribution in [0.15, 0.2) is 29.6 Å². The predicted octanol–water partition coefficient (Wildman–Crippen LogP) is 1.15. The summed E-state index contributed by atoms with van der Waals surface area (Å²) in [6.45, 7) is 1.35. The van der Waals surface area contributed by atoms with Gasteiger partial charge in [0.05, 0.1) is 5.69 Å². The van der Waals surface area contributed by atoms with E-state index in [9.17, 15) is 9.59 Å². The van der Waals surface area contributed by atoms with Gasteiger partial charge in [-0.2, -0.15) is 0 Å². The second-order valence-electron chi connectivity index (χ2n) is 5.24. The summed E-state index contributed by atoms with van der Waals surface area (Å²) < 4.78 is 5.40. The van der Waals surface area contributed by atoms with Gasteiger partial charge in [-0.3, -0.25) is 9.59 Å². The van der Waals surface area contributed by atoms with E-state index in [1.54, 1.807) is 10.3 Å². The number of hydrogen-bond acceptors (Lipinski definition) is 6. The number of carbonyl (C=O) groups is 2. The van der Waals surface area contributed by atoms with Crippen molar-refractivity contribution in [2.24, 2.45) is 5.73 Å². The van der Waals surface area contributed by atoms with Crippen LogP contribution in [0.4, 0.5) is 5.69 Å². The van der Waals surface area contributed by atoms with E-state index in [2.05, 4.69) is 10.3 Å². The molecule has 0 radical (unpaired) electrons. The number of rotatable bonds is 6. The van der Waals surface area contributed by atoms with Crippen LogP contribution in [-0.2, 0) is 11.3 Å². The topological polar surface area (TPSA) is 97.5 Å². The third-order valence-corrected chi connectivity index (χ3v) is 4.48. The molecule has 3 rings (SSSR count). The number of nitrogens with one attached hydrogen (secondary N) is 1. The third kappa shape index (κ3) is 3.55. The van der Waals surface area contributed by atoms with E-state index in [0.717, 1.165) is 10.7 Å². The van der Waals surface area contributed by atoms with Crippen molar-refractivity contribution in [1.29, 1.82) is 0 Å². The number of fused-ring (bicyclic) bond motifs is 1. The SMILES string of the molecule is NCc1nc(C(=O)NCCCN2C(=O)COc3ccccc32)cs1. The van der Waals surface area contributed by atoms with Crippen LogP contribution in [-0.4, -0.2) is 36.5 Å². The lowest BCUT2D eigenvalue weighted by atomic mass is 10.2. The first-order valence-electron chi connectivity index (χ1n) is 7.64. The van der Waals surface area contributed by atoms with Gasteiger partial charge >= 0.3 is 0 Å². The number of aromatic nitrogens is 1. The largest absolute Gasteiger partial charge is 0.482 e. The van der Waals surface area contributed by atoms with Gasteiger partial charge in [-0.1, -0.05) is 12.1 Å². The smallest absolute Gasteiger partial charge is 0.270 e. The van der Waals surface area contributed by atoms with Gasteiger partial charge < -0.3 is 20.7 Å². The molecule has 0 atom stereocenters. The van der Waals surface area contributed by atoms with E-state index < -0.39 is 0 Å². The van der Waals surface area contributed by atoms with Gasteiger partial charge in [-0.25, -0.2) is 4.98 Å². The van der Waals surface area contributed by atoms with Crippen molar-refractivity contribution in [3.63, 3.8) is 0 Å². The number of para-hydroxylation sites is 2. The Balaban J connectivity index is 1.51. The standard InChI is InChI=1S/C16H18N4O3S/c17-8-14-19-11(10-24-14)16(22)18-6-3-7-20-12-4-1-2-5-13(12)23-9-15(20)21/h1-2,4-5,10H,3,6-9,17H2,(H,18,22). The Labute approximate surface area is 143 Å². The third-order valence-electron chi connectivity index (χ3n) is 3.61. The number of nitrogens with zero attached hydrogens (tertiary/aromatic N) is 2. The lowest BCUT2D eigenvalue weighted by Crippen LogP contribution is -2.40. The number of thiazole rings is 1. The predicted molar refractivity (Wildman–Crippen MR) is 91.2 cm³/mol. The van der Waals surface area contributed by atoms with Crippen LogP contribution in [0.5, 0.6) is 5.75 Å². The van der Waals surface area contributed by atoms with Gasteiger partial charge in [0.25, 0.3) is 11.8 Å². The second-order valence-corrected chi connectivity index (χ2v) is 6.18. The molecule has 0 saturated heterocycles. The van der Waals surface area contributed by atoms with Crippen molar-refractivity contribution in [3.05, 3.63) is 40.3 Å². The Bertz CT molecular complexity index is 746. The molecule has 2 aromatic rings. The number of carbonyl (C=O) groups excluding carboxylic acids is 2. The maximum Gasteiger partial charge on any atom is 0.270 e. The molecule has 0 bridgehead atoms. The second kappa shape index (κ2) is 7.41. The highest BCUT2D eigenvalue weighted by atomic mass is 32.1.